The van der Waals surface area contributed by atoms with Crippen molar-refractivity contribution in [3.05, 3.63) is 35.4 Å². The molecule has 0 heterocycles. The van der Waals surface area contributed by atoms with Crippen LogP contribution >= 0.6 is 0 Å². The Kier molecular flexibility index (Phi) is 6.75. The van der Waals surface area contributed by atoms with Gasteiger partial charge in [0.1, 0.15) is 6.04 Å². The Morgan fingerprint density at radius 3 is 2.26 bits per heavy atom. The van der Waals surface area contributed by atoms with Crippen LogP contribution in [0.5, 0.6) is 0 Å². The second-order valence-corrected chi connectivity index (χ2v) is 5.99. The third kappa shape index (κ3) is 5.39. The molecule has 3 N–H and O–H groups in total. The zero-order chi connectivity index (χ0) is 17.6. The number of nitrogens with one attached hydrogen (secondary N) is 2. The number of hydrogen-bond donors (Lipinski definition) is 3. The Balaban J connectivity index is 2.75. The van der Waals surface area contributed by atoms with Crippen LogP contribution in [0.1, 0.15) is 36.7 Å². The average Bonchev–Trinajstić information content (AvgIpc) is 2.49. The fraction of sp³-hybridized carbons (Fsp3) is 0.471. The first kappa shape index (κ1) is 18.7. The van der Waals surface area contributed by atoms with Gasteiger partial charge in [0.2, 0.25) is 5.91 Å². The van der Waals surface area contributed by atoms with Gasteiger partial charge < -0.3 is 15.7 Å². The van der Waals surface area contributed by atoms with Crippen LogP contribution in [0.25, 0.3) is 0 Å². The minimum atomic E-state index is -0.977. The van der Waals surface area contributed by atoms with E-state index in [-0.39, 0.29) is 24.3 Å². The zero-order valence-electron chi connectivity index (χ0n) is 13.9. The highest BCUT2D eigenvalue weighted by Crippen LogP contribution is 2.09. The molecule has 6 heteroatoms. The number of carbonyl (C=O) groups excluding carboxylic acids is 2. The van der Waals surface area contributed by atoms with Gasteiger partial charge in [-0.1, -0.05) is 39.0 Å². The van der Waals surface area contributed by atoms with Crippen LogP contribution in [0.4, 0.5) is 0 Å². The lowest BCUT2D eigenvalue weighted by atomic mass is 10.0. The van der Waals surface area contributed by atoms with Crippen LogP contribution < -0.4 is 10.6 Å². The van der Waals surface area contributed by atoms with Crippen molar-refractivity contribution < 1.29 is 19.5 Å². The van der Waals surface area contributed by atoms with Crippen molar-refractivity contribution >= 4 is 17.8 Å². The van der Waals surface area contributed by atoms with E-state index in [1.54, 1.807) is 12.1 Å². The van der Waals surface area contributed by atoms with Crippen LogP contribution in [-0.2, 0) is 9.59 Å². The van der Waals surface area contributed by atoms with Crippen LogP contribution in [0.15, 0.2) is 24.3 Å². The highest BCUT2D eigenvalue weighted by Gasteiger charge is 2.25. The van der Waals surface area contributed by atoms with E-state index in [0.717, 1.165) is 5.56 Å². The van der Waals surface area contributed by atoms with Gasteiger partial charge in [-0.3, -0.25) is 14.4 Å². The summed E-state index contributed by atoms with van der Waals surface area (Å²) in [5, 5.41) is 14.2. The van der Waals surface area contributed by atoms with Crippen molar-refractivity contribution in [3.8, 4) is 0 Å². The van der Waals surface area contributed by atoms with Crippen molar-refractivity contribution in [1.82, 2.24) is 10.6 Å². The van der Waals surface area contributed by atoms with Crippen molar-refractivity contribution in [2.24, 2.45) is 11.8 Å². The molecule has 0 radical (unpaired) electrons. The maximum absolute atomic E-state index is 12.3. The number of hydrogen-bond acceptors (Lipinski definition) is 3. The largest absolute Gasteiger partial charge is 0.481 e. The lowest BCUT2D eigenvalue weighted by Gasteiger charge is -2.22. The maximum atomic E-state index is 12.3. The first-order valence-electron chi connectivity index (χ1n) is 7.61. The highest BCUT2D eigenvalue weighted by atomic mass is 16.4. The number of benzene rings is 1. The molecule has 23 heavy (non-hydrogen) atoms. The monoisotopic (exact) mass is 320 g/mol. The molecule has 2 atom stereocenters. The van der Waals surface area contributed by atoms with Gasteiger partial charge in [0, 0.05) is 12.1 Å². The molecule has 0 spiro atoms. The van der Waals surface area contributed by atoms with Crippen molar-refractivity contribution in [2.75, 3.05) is 6.54 Å². The van der Waals surface area contributed by atoms with E-state index in [1.165, 1.54) is 6.92 Å². The van der Waals surface area contributed by atoms with Crippen LogP contribution in [-0.4, -0.2) is 35.5 Å². The predicted molar refractivity (Wildman–Crippen MR) is 87.1 cm³/mol. The molecular formula is C17H24N2O4. The van der Waals surface area contributed by atoms with Gasteiger partial charge in [0.15, 0.2) is 0 Å². The minimum Gasteiger partial charge on any atom is -0.481 e. The Morgan fingerprint density at radius 2 is 1.74 bits per heavy atom. The highest BCUT2D eigenvalue weighted by molar-refractivity contribution is 5.98. The molecule has 0 aliphatic heterocycles. The third-order valence-electron chi connectivity index (χ3n) is 3.63. The molecule has 0 aliphatic carbocycles. The number of amides is 2. The van der Waals surface area contributed by atoms with Crippen LogP contribution in [0.3, 0.4) is 0 Å². The Bertz CT molecular complexity index is 584. The van der Waals surface area contributed by atoms with Gasteiger partial charge in [-0.05, 0) is 24.5 Å². The second-order valence-electron chi connectivity index (χ2n) is 5.99. The Labute approximate surface area is 136 Å². The predicted octanol–water partition coefficient (Wildman–Crippen LogP) is 1.59. The number of rotatable bonds is 7. The van der Waals surface area contributed by atoms with Crippen LogP contribution in [0.2, 0.25) is 0 Å². The summed E-state index contributed by atoms with van der Waals surface area (Å²) in [6.45, 7) is 7.01. The molecule has 0 bridgehead atoms. The quantitative estimate of drug-likeness (QED) is 0.711. The molecule has 0 aliphatic rings. The standard InChI is InChI=1S/C17H24N2O4/c1-10(2)14(16(21)18-9-12(4)17(22)23)19-15(20)13-8-6-5-7-11(13)3/h5-8,10,12,14H,9H2,1-4H3,(H,18,21)(H,19,20)(H,22,23). The van der Waals surface area contributed by atoms with E-state index in [4.69, 9.17) is 5.11 Å². The normalized spacial score (nSPS) is 13.3. The van der Waals surface area contributed by atoms with E-state index in [0.29, 0.717) is 5.56 Å². The average molecular weight is 320 g/mol. The summed E-state index contributed by atoms with van der Waals surface area (Å²) in [6, 6.07) is 6.41. The number of carbonyl (C=O) groups is 3. The fourth-order valence-corrected chi connectivity index (χ4v) is 2.03. The Hall–Kier alpha value is -2.37. The molecule has 0 aromatic heterocycles. The fourth-order valence-electron chi connectivity index (χ4n) is 2.03. The summed E-state index contributed by atoms with van der Waals surface area (Å²) in [5.41, 5.74) is 1.34. The van der Waals surface area contributed by atoms with E-state index in [2.05, 4.69) is 10.6 Å². The molecule has 0 saturated carbocycles. The van der Waals surface area contributed by atoms with Gasteiger partial charge in [0.25, 0.3) is 5.91 Å². The number of carboxylic acid groups (broad SMARTS) is 1. The van der Waals surface area contributed by atoms with E-state index < -0.39 is 17.9 Å². The topological polar surface area (TPSA) is 95.5 Å². The summed E-state index contributed by atoms with van der Waals surface area (Å²) < 4.78 is 0. The summed E-state index contributed by atoms with van der Waals surface area (Å²) in [4.78, 5) is 35.4. The smallest absolute Gasteiger partial charge is 0.308 e. The SMILES string of the molecule is Cc1ccccc1C(=O)NC(C(=O)NCC(C)C(=O)O)C(C)C. The lowest BCUT2D eigenvalue weighted by molar-refractivity contribution is -0.141. The molecule has 1 rings (SSSR count). The third-order valence-corrected chi connectivity index (χ3v) is 3.63. The first-order valence-corrected chi connectivity index (χ1v) is 7.61. The number of carboxylic acids is 1. The summed E-state index contributed by atoms with van der Waals surface area (Å²) >= 11 is 0. The van der Waals surface area contributed by atoms with Crippen molar-refractivity contribution in [2.45, 2.75) is 33.7 Å². The van der Waals surface area contributed by atoms with Crippen molar-refractivity contribution in [1.29, 1.82) is 0 Å². The Morgan fingerprint density at radius 1 is 1.13 bits per heavy atom. The molecule has 6 nitrogen and oxygen atoms in total. The van der Waals surface area contributed by atoms with Gasteiger partial charge in [-0.25, -0.2) is 0 Å². The van der Waals surface area contributed by atoms with Crippen LogP contribution in [0, 0.1) is 18.8 Å². The van der Waals surface area contributed by atoms with E-state index >= 15 is 0 Å². The zero-order valence-corrected chi connectivity index (χ0v) is 13.9. The molecule has 1 aromatic carbocycles. The van der Waals surface area contributed by atoms with Gasteiger partial charge in [0.05, 0.1) is 5.92 Å². The number of aryl methyl sites for hydroxylation is 1. The van der Waals surface area contributed by atoms with E-state index in [1.807, 2.05) is 32.9 Å². The molecule has 0 fully saturated rings. The first-order chi connectivity index (χ1) is 10.7. The molecule has 126 valence electrons. The summed E-state index contributed by atoms with van der Waals surface area (Å²) in [5.74, 6) is -2.48. The van der Waals surface area contributed by atoms with Gasteiger partial charge in [-0.2, -0.15) is 0 Å². The minimum absolute atomic E-state index is 0.0254. The van der Waals surface area contributed by atoms with E-state index in [9.17, 15) is 14.4 Å². The maximum Gasteiger partial charge on any atom is 0.308 e. The second kappa shape index (κ2) is 8.31. The molecular weight excluding hydrogens is 296 g/mol. The lowest BCUT2D eigenvalue weighted by Crippen LogP contribution is -2.50. The van der Waals surface area contributed by atoms with Gasteiger partial charge >= 0.3 is 5.97 Å². The van der Waals surface area contributed by atoms with Crippen molar-refractivity contribution in [3.63, 3.8) is 0 Å². The summed E-state index contributed by atoms with van der Waals surface area (Å²) in [7, 11) is 0. The molecule has 0 saturated heterocycles. The molecule has 2 amide bonds. The summed E-state index contributed by atoms with van der Waals surface area (Å²) in [6.07, 6.45) is 0. The molecule has 2 unspecified atom stereocenters. The molecule has 1 aromatic rings. The number of aliphatic carboxylic acids is 1. The van der Waals surface area contributed by atoms with Gasteiger partial charge in [-0.15, -0.1) is 0 Å².